The average Bonchev–Trinajstić information content (AvgIpc) is 2.74. The number of ether oxygens (including phenoxy) is 1. The zero-order chi connectivity index (χ0) is 14.1. The van der Waals surface area contributed by atoms with Crippen molar-refractivity contribution < 1.29 is 4.74 Å². The van der Waals surface area contributed by atoms with Crippen LogP contribution in [0.25, 0.3) is 5.65 Å². The first-order valence-electron chi connectivity index (χ1n) is 5.83. The Bertz CT molecular complexity index is 753. The van der Waals surface area contributed by atoms with Crippen LogP contribution in [0.5, 0.6) is 11.6 Å². The average molecular weight is 372 g/mol. The van der Waals surface area contributed by atoms with Gasteiger partial charge in [-0.25, -0.2) is 0 Å². The Labute approximate surface area is 134 Å². The second-order valence-electron chi connectivity index (χ2n) is 4.13. The molecule has 0 aliphatic heterocycles. The molecule has 0 bridgehead atoms. The Kier molecular flexibility index (Phi) is 3.87. The number of nitrogens with zero attached hydrogens (tertiary/aromatic N) is 2. The van der Waals surface area contributed by atoms with Gasteiger partial charge in [0.05, 0.1) is 5.69 Å². The SMILES string of the molecule is Clc1cc(Cl)cc(Oc2nc3ccccn3c2CBr)c1. The molecule has 3 rings (SSSR count). The van der Waals surface area contributed by atoms with E-state index in [1.54, 1.807) is 18.2 Å². The van der Waals surface area contributed by atoms with Crippen molar-refractivity contribution >= 4 is 44.8 Å². The van der Waals surface area contributed by atoms with Gasteiger partial charge in [-0.1, -0.05) is 45.2 Å². The van der Waals surface area contributed by atoms with Crippen LogP contribution in [0.2, 0.25) is 10.0 Å². The minimum atomic E-state index is 0.525. The molecule has 0 fully saturated rings. The highest BCUT2D eigenvalue weighted by Gasteiger charge is 2.13. The number of rotatable bonds is 3. The molecule has 0 unspecified atom stereocenters. The number of fused-ring (bicyclic) bond motifs is 1. The van der Waals surface area contributed by atoms with Crippen LogP contribution < -0.4 is 4.74 Å². The molecule has 3 nitrogen and oxygen atoms in total. The molecule has 20 heavy (non-hydrogen) atoms. The minimum Gasteiger partial charge on any atom is -0.437 e. The van der Waals surface area contributed by atoms with E-state index in [-0.39, 0.29) is 0 Å². The lowest BCUT2D eigenvalue weighted by Crippen LogP contribution is -1.91. The van der Waals surface area contributed by atoms with E-state index in [9.17, 15) is 0 Å². The molecular formula is C14H9BrCl2N2O. The van der Waals surface area contributed by atoms with Gasteiger partial charge in [-0.3, -0.25) is 4.40 Å². The fraction of sp³-hybridized carbons (Fsp3) is 0.0714. The Morgan fingerprint density at radius 1 is 1.15 bits per heavy atom. The molecule has 0 aliphatic rings. The molecule has 2 heterocycles. The molecule has 3 aromatic rings. The number of imidazole rings is 1. The summed E-state index contributed by atoms with van der Waals surface area (Å²) >= 11 is 15.4. The first kappa shape index (κ1) is 13.7. The van der Waals surface area contributed by atoms with E-state index in [0.717, 1.165) is 11.3 Å². The Balaban J connectivity index is 2.05. The van der Waals surface area contributed by atoms with Crippen LogP contribution in [0.1, 0.15) is 5.69 Å². The quantitative estimate of drug-likeness (QED) is 0.582. The molecule has 2 aromatic heterocycles. The number of aromatic nitrogens is 2. The van der Waals surface area contributed by atoms with E-state index < -0.39 is 0 Å². The van der Waals surface area contributed by atoms with Gasteiger partial charge in [0.2, 0.25) is 5.88 Å². The summed E-state index contributed by atoms with van der Waals surface area (Å²) in [5.74, 6) is 1.10. The molecule has 0 saturated heterocycles. The summed E-state index contributed by atoms with van der Waals surface area (Å²) in [6.07, 6.45) is 1.94. The van der Waals surface area contributed by atoms with Crippen molar-refractivity contribution in [3.05, 3.63) is 58.3 Å². The highest BCUT2D eigenvalue weighted by Crippen LogP contribution is 2.31. The molecule has 102 valence electrons. The Morgan fingerprint density at radius 3 is 2.60 bits per heavy atom. The largest absolute Gasteiger partial charge is 0.437 e. The number of halogens is 3. The third-order valence-corrected chi connectivity index (χ3v) is 3.74. The summed E-state index contributed by atoms with van der Waals surface area (Å²) in [5, 5.41) is 1.68. The van der Waals surface area contributed by atoms with Crippen LogP contribution in [0, 0.1) is 0 Å². The van der Waals surface area contributed by atoms with Crippen LogP contribution >= 0.6 is 39.1 Å². The molecule has 0 N–H and O–H groups in total. The summed E-state index contributed by atoms with van der Waals surface area (Å²) in [5.41, 5.74) is 1.75. The van der Waals surface area contributed by atoms with Gasteiger partial charge in [0.15, 0.2) is 0 Å². The van der Waals surface area contributed by atoms with Gasteiger partial charge in [0.25, 0.3) is 0 Å². The second-order valence-corrected chi connectivity index (χ2v) is 5.57. The van der Waals surface area contributed by atoms with E-state index in [1.807, 2.05) is 28.8 Å². The maximum atomic E-state index is 5.97. The van der Waals surface area contributed by atoms with Crippen molar-refractivity contribution in [3.8, 4) is 11.6 Å². The number of hydrogen-bond donors (Lipinski definition) is 0. The topological polar surface area (TPSA) is 26.5 Å². The third kappa shape index (κ3) is 2.64. The highest BCUT2D eigenvalue weighted by molar-refractivity contribution is 9.08. The van der Waals surface area contributed by atoms with Crippen molar-refractivity contribution in [2.45, 2.75) is 5.33 Å². The molecule has 0 radical (unpaired) electrons. The van der Waals surface area contributed by atoms with Gasteiger partial charge in [-0.2, -0.15) is 4.98 Å². The van der Waals surface area contributed by atoms with E-state index in [4.69, 9.17) is 27.9 Å². The van der Waals surface area contributed by atoms with Crippen LogP contribution in [0.15, 0.2) is 42.6 Å². The first-order valence-corrected chi connectivity index (χ1v) is 7.71. The fourth-order valence-corrected chi connectivity index (χ4v) is 2.94. The zero-order valence-electron chi connectivity index (χ0n) is 10.2. The lowest BCUT2D eigenvalue weighted by atomic mass is 10.3. The summed E-state index contributed by atoms with van der Waals surface area (Å²) in [7, 11) is 0. The predicted octanol–water partition coefficient (Wildman–Crippen LogP) is 5.33. The number of pyridine rings is 1. The first-order chi connectivity index (χ1) is 9.67. The lowest BCUT2D eigenvalue weighted by Gasteiger charge is -2.05. The van der Waals surface area contributed by atoms with E-state index in [1.165, 1.54) is 0 Å². The summed E-state index contributed by atoms with van der Waals surface area (Å²) in [6, 6.07) is 10.9. The molecule has 0 spiro atoms. The molecule has 1 aromatic carbocycles. The minimum absolute atomic E-state index is 0.525. The van der Waals surface area contributed by atoms with E-state index in [0.29, 0.717) is 27.0 Å². The van der Waals surface area contributed by atoms with Crippen molar-refractivity contribution in [3.63, 3.8) is 0 Å². The van der Waals surface area contributed by atoms with Crippen LogP contribution in [0.4, 0.5) is 0 Å². The summed E-state index contributed by atoms with van der Waals surface area (Å²) in [4.78, 5) is 4.46. The zero-order valence-corrected chi connectivity index (χ0v) is 13.3. The highest BCUT2D eigenvalue weighted by atomic mass is 79.9. The Hall–Kier alpha value is -1.23. The van der Waals surface area contributed by atoms with E-state index in [2.05, 4.69) is 20.9 Å². The predicted molar refractivity (Wildman–Crippen MR) is 84.4 cm³/mol. The lowest BCUT2D eigenvalue weighted by molar-refractivity contribution is 0.462. The fourth-order valence-electron chi connectivity index (χ4n) is 1.93. The monoisotopic (exact) mass is 370 g/mol. The van der Waals surface area contributed by atoms with Gasteiger partial charge in [0.1, 0.15) is 11.4 Å². The standard InChI is InChI=1S/C14H9BrCl2N2O/c15-8-12-14(18-13-3-1-2-4-19(12)13)20-11-6-9(16)5-10(17)7-11/h1-7H,8H2. The number of benzene rings is 1. The van der Waals surface area contributed by atoms with Crippen LogP contribution in [-0.4, -0.2) is 9.38 Å². The third-order valence-electron chi connectivity index (χ3n) is 2.77. The second kappa shape index (κ2) is 5.64. The van der Waals surface area contributed by atoms with Gasteiger partial charge in [0, 0.05) is 21.6 Å². The Morgan fingerprint density at radius 2 is 1.90 bits per heavy atom. The maximum absolute atomic E-state index is 5.97. The molecule has 0 atom stereocenters. The molecule has 0 saturated carbocycles. The van der Waals surface area contributed by atoms with Crippen LogP contribution in [-0.2, 0) is 5.33 Å². The van der Waals surface area contributed by atoms with Gasteiger partial charge in [-0.05, 0) is 30.3 Å². The van der Waals surface area contributed by atoms with Crippen molar-refractivity contribution in [2.75, 3.05) is 0 Å². The molecular weight excluding hydrogens is 363 g/mol. The van der Waals surface area contributed by atoms with Gasteiger partial charge >= 0.3 is 0 Å². The van der Waals surface area contributed by atoms with Crippen LogP contribution in [0.3, 0.4) is 0 Å². The summed E-state index contributed by atoms with van der Waals surface area (Å²) in [6.45, 7) is 0. The van der Waals surface area contributed by atoms with Gasteiger partial charge in [-0.15, -0.1) is 0 Å². The molecule has 6 heteroatoms. The van der Waals surface area contributed by atoms with Gasteiger partial charge < -0.3 is 4.74 Å². The van der Waals surface area contributed by atoms with Crippen molar-refractivity contribution in [1.29, 1.82) is 0 Å². The number of alkyl halides is 1. The molecule has 0 amide bonds. The summed E-state index contributed by atoms with van der Waals surface area (Å²) < 4.78 is 7.78. The van der Waals surface area contributed by atoms with Crippen molar-refractivity contribution in [1.82, 2.24) is 9.38 Å². The smallest absolute Gasteiger partial charge is 0.242 e. The molecule has 0 aliphatic carbocycles. The van der Waals surface area contributed by atoms with E-state index >= 15 is 0 Å². The normalized spacial score (nSPS) is 10.9. The maximum Gasteiger partial charge on any atom is 0.242 e. The number of hydrogen-bond acceptors (Lipinski definition) is 2. The van der Waals surface area contributed by atoms with Crippen molar-refractivity contribution in [2.24, 2.45) is 0 Å².